The van der Waals surface area contributed by atoms with Gasteiger partial charge in [-0.15, -0.1) is 0 Å². The third-order valence-corrected chi connectivity index (χ3v) is 4.78. The third kappa shape index (κ3) is 3.11. The van der Waals surface area contributed by atoms with Gasteiger partial charge < -0.3 is 15.4 Å². The summed E-state index contributed by atoms with van der Waals surface area (Å²) in [7, 11) is 0. The first kappa shape index (κ1) is 14.8. The molecule has 0 aromatic carbocycles. The number of nitrogens with two attached hydrogens (primary N) is 1. The van der Waals surface area contributed by atoms with Gasteiger partial charge in [-0.3, -0.25) is 4.79 Å². The molecule has 1 amide bonds. The van der Waals surface area contributed by atoms with Crippen LogP contribution in [-0.2, 0) is 9.53 Å². The fraction of sp³-hybridized carbons (Fsp3) is 0.933. The van der Waals surface area contributed by atoms with E-state index in [9.17, 15) is 4.79 Å². The van der Waals surface area contributed by atoms with Crippen molar-refractivity contribution in [3.05, 3.63) is 0 Å². The number of nitrogens with zero attached hydrogens (tertiary/aromatic N) is 1. The lowest BCUT2D eigenvalue weighted by atomic mass is 9.76. The molecule has 1 saturated heterocycles. The van der Waals surface area contributed by atoms with Gasteiger partial charge in [-0.25, -0.2) is 0 Å². The average molecular weight is 268 g/mol. The van der Waals surface area contributed by atoms with Crippen LogP contribution in [0.25, 0.3) is 0 Å². The van der Waals surface area contributed by atoms with E-state index in [1.165, 1.54) is 0 Å². The topological polar surface area (TPSA) is 55.6 Å². The molecule has 2 N–H and O–H groups in total. The van der Waals surface area contributed by atoms with E-state index in [0.717, 1.165) is 25.7 Å². The number of amides is 1. The second-order valence-corrected chi connectivity index (χ2v) is 6.29. The molecule has 4 nitrogen and oxygen atoms in total. The van der Waals surface area contributed by atoms with Crippen molar-refractivity contribution in [2.75, 3.05) is 13.2 Å². The first-order valence-electron chi connectivity index (χ1n) is 7.72. The monoisotopic (exact) mass is 268 g/mol. The van der Waals surface area contributed by atoms with E-state index in [-0.39, 0.29) is 30.0 Å². The van der Waals surface area contributed by atoms with Gasteiger partial charge in [0.15, 0.2) is 0 Å². The fourth-order valence-corrected chi connectivity index (χ4v) is 3.53. The zero-order valence-corrected chi connectivity index (χ0v) is 12.5. The molecule has 2 fully saturated rings. The molecular weight excluding hydrogens is 240 g/mol. The molecule has 4 heteroatoms. The van der Waals surface area contributed by atoms with Gasteiger partial charge in [-0.1, -0.05) is 20.3 Å². The standard InChI is InChI=1S/C15H28N2O2/c1-4-12-9-19-11(3)8-17(12)15(18)14-10(2)6-5-7-13(14)16/h10-14H,4-9,16H2,1-3H3. The van der Waals surface area contributed by atoms with Gasteiger partial charge in [0.1, 0.15) is 0 Å². The van der Waals surface area contributed by atoms with Crippen LogP contribution in [0.15, 0.2) is 0 Å². The predicted octanol–water partition coefficient (Wildman–Crippen LogP) is 1.78. The number of carbonyl (C=O) groups excluding carboxylic acids is 1. The van der Waals surface area contributed by atoms with Gasteiger partial charge in [0.25, 0.3) is 0 Å². The number of carbonyl (C=O) groups is 1. The smallest absolute Gasteiger partial charge is 0.227 e. The lowest BCUT2D eigenvalue weighted by molar-refractivity contribution is -0.152. The maximum atomic E-state index is 12.9. The van der Waals surface area contributed by atoms with Crippen LogP contribution < -0.4 is 5.73 Å². The molecule has 0 radical (unpaired) electrons. The van der Waals surface area contributed by atoms with Crippen molar-refractivity contribution < 1.29 is 9.53 Å². The summed E-state index contributed by atoms with van der Waals surface area (Å²) in [5, 5.41) is 0. The molecule has 1 aliphatic carbocycles. The third-order valence-electron chi connectivity index (χ3n) is 4.78. The van der Waals surface area contributed by atoms with Crippen LogP contribution in [-0.4, -0.2) is 42.1 Å². The van der Waals surface area contributed by atoms with Gasteiger partial charge in [-0.05, 0) is 32.1 Å². The van der Waals surface area contributed by atoms with E-state index < -0.39 is 0 Å². The molecule has 1 heterocycles. The minimum Gasteiger partial charge on any atom is -0.375 e. The Balaban J connectivity index is 2.11. The van der Waals surface area contributed by atoms with Gasteiger partial charge in [-0.2, -0.15) is 0 Å². The van der Waals surface area contributed by atoms with Crippen molar-refractivity contribution in [3.63, 3.8) is 0 Å². The highest BCUT2D eigenvalue weighted by Crippen LogP contribution is 2.31. The van der Waals surface area contributed by atoms with Crippen molar-refractivity contribution in [3.8, 4) is 0 Å². The summed E-state index contributed by atoms with van der Waals surface area (Å²) in [6.07, 6.45) is 4.36. The lowest BCUT2D eigenvalue weighted by Gasteiger charge is -2.43. The predicted molar refractivity (Wildman–Crippen MR) is 75.7 cm³/mol. The molecule has 19 heavy (non-hydrogen) atoms. The molecule has 5 atom stereocenters. The Morgan fingerprint density at radius 1 is 1.37 bits per heavy atom. The van der Waals surface area contributed by atoms with E-state index >= 15 is 0 Å². The largest absolute Gasteiger partial charge is 0.375 e. The van der Waals surface area contributed by atoms with Crippen molar-refractivity contribution in [2.45, 2.75) is 64.6 Å². The zero-order valence-electron chi connectivity index (χ0n) is 12.5. The molecule has 2 rings (SSSR count). The molecule has 5 unspecified atom stereocenters. The number of hydrogen-bond donors (Lipinski definition) is 1. The van der Waals surface area contributed by atoms with Gasteiger partial charge in [0.2, 0.25) is 5.91 Å². The van der Waals surface area contributed by atoms with Crippen LogP contribution in [0.5, 0.6) is 0 Å². The van der Waals surface area contributed by atoms with E-state index in [1.54, 1.807) is 0 Å². The second-order valence-electron chi connectivity index (χ2n) is 6.29. The number of ether oxygens (including phenoxy) is 1. The molecule has 1 aliphatic heterocycles. The van der Waals surface area contributed by atoms with E-state index in [2.05, 4.69) is 13.8 Å². The molecule has 0 spiro atoms. The van der Waals surface area contributed by atoms with Crippen molar-refractivity contribution in [2.24, 2.45) is 17.6 Å². The summed E-state index contributed by atoms with van der Waals surface area (Å²) < 4.78 is 5.68. The Labute approximate surface area is 116 Å². The van der Waals surface area contributed by atoms with Crippen molar-refractivity contribution >= 4 is 5.91 Å². The lowest BCUT2D eigenvalue weighted by Crippen LogP contribution is -2.57. The maximum absolute atomic E-state index is 12.9. The Morgan fingerprint density at radius 2 is 2.11 bits per heavy atom. The van der Waals surface area contributed by atoms with Gasteiger partial charge >= 0.3 is 0 Å². The van der Waals surface area contributed by atoms with E-state index in [1.807, 2.05) is 11.8 Å². The Bertz CT molecular complexity index is 311. The van der Waals surface area contributed by atoms with Crippen LogP contribution in [0, 0.1) is 11.8 Å². The highest BCUT2D eigenvalue weighted by molar-refractivity contribution is 5.80. The molecule has 0 aromatic rings. The van der Waals surface area contributed by atoms with Crippen molar-refractivity contribution in [1.82, 2.24) is 4.90 Å². The Hall–Kier alpha value is -0.610. The fourth-order valence-electron chi connectivity index (χ4n) is 3.53. The summed E-state index contributed by atoms with van der Waals surface area (Å²) in [5.74, 6) is 0.682. The maximum Gasteiger partial charge on any atom is 0.227 e. The quantitative estimate of drug-likeness (QED) is 0.830. The SMILES string of the molecule is CCC1COC(C)CN1C(=O)C1C(C)CCCC1N. The Kier molecular flexibility index (Phi) is 4.85. The molecule has 0 aromatic heterocycles. The highest BCUT2D eigenvalue weighted by atomic mass is 16.5. The first-order chi connectivity index (χ1) is 9.04. The second kappa shape index (κ2) is 6.23. The molecule has 110 valence electrons. The molecular formula is C15H28N2O2. The zero-order chi connectivity index (χ0) is 14.0. The minimum atomic E-state index is 0.00750. The first-order valence-corrected chi connectivity index (χ1v) is 7.72. The van der Waals surface area contributed by atoms with Crippen LogP contribution in [0.3, 0.4) is 0 Å². The van der Waals surface area contributed by atoms with E-state index in [4.69, 9.17) is 10.5 Å². The van der Waals surface area contributed by atoms with Crippen LogP contribution in [0.1, 0.15) is 46.5 Å². The van der Waals surface area contributed by atoms with Crippen LogP contribution in [0.2, 0.25) is 0 Å². The van der Waals surface area contributed by atoms with Gasteiger partial charge in [0.05, 0.1) is 24.7 Å². The number of hydrogen-bond acceptors (Lipinski definition) is 3. The van der Waals surface area contributed by atoms with E-state index in [0.29, 0.717) is 19.1 Å². The summed E-state index contributed by atoms with van der Waals surface area (Å²) in [5.41, 5.74) is 6.22. The number of morpholine rings is 1. The molecule has 0 bridgehead atoms. The normalized spacial score (nSPS) is 40.2. The van der Waals surface area contributed by atoms with Crippen molar-refractivity contribution in [1.29, 1.82) is 0 Å². The summed E-state index contributed by atoms with van der Waals surface area (Å²) >= 11 is 0. The minimum absolute atomic E-state index is 0.00750. The van der Waals surface area contributed by atoms with Gasteiger partial charge in [0, 0.05) is 12.6 Å². The molecule has 2 aliphatic rings. The molecule has 1 saturated carbocycles. The summed E-state index contributed by atoms with van der Waals surface area (Å²) in [6.45, 7) is 7.71. The number of rotatable bonds is 2. The highest BCUT2D eigenvalue weighted by Gasteiger charge is 2.39. The van der Waals surface area contributed by atoms with Crippen LogP contribution >= 0.6 is 0 Å². The average Bonchev–Trinajstić information content (AvgIpc) is 2.38. The summed E-state index contributed by atoms with van der Waals surface area (Å²) in [6, 6.07) is 0.261. The van der Waals surface area contributed by atoms with Crippen LogP contribution in [0.4, 0.5) is 0 Å². The Morgan fingerprint density at radius 3 is 2.74 bits per heavy atom. The summed E-state index contributed by atoms with van der Waals surface area (Å²) in [4.78, 5) is 14.9.